The Morgan fingerprint density at radius 1 is 0.841 bits per heavy atom. The molecule has 0 heterocycles. The summed E-state index contributed by atoms with van der Waals surface area (Å²) in [4.78, 5) is 68.6. The average molecular weight is 612 g/mol. The Kier molecular flexibility index (Phi) is 14.1. The van der Waals surface area contributed by atoms with Gasteiger partial charge in [0.25, 0.3) is 0 Å². The fourth-order valence-electron chi connectivity index (χ4n) is 4.33. The summed E-state index contributed by atoms with van der Waals surface area (Å²) in [5.41, 5.74) is 12.2. The number of rotatable bonds is 17. The van der Waals surface area contributed by atoms with Gasteiger partial charge in [-0.15, -0.1) is 0 Å². The number of aromatic hydroxyl groups is 1. The zero-order valence-electron chi connectivity index (χ0n) is 24.9. The van der Waals surface area contributed by atoms with Gasteiger partial charge in [-0.2, -0.15) is 0 Å². The molecule has 0 saturated heterocycles. The Morgan fingerprint density at radius 3 is 2.00 bits per heavy atom. The van der Waals surface area contributed by atoms with Crippen molar-refractivity contribution < 1.29 is 34.2 Å². The number of carboxylic acid groups (broad SMARTS) is 1. The van der Waals surface area contributed by atoms with Crippen molar-refractivity contribution in [3.8, 4) is 5.75 Å². The highest BCUT2D eigenvalue weighted by Crippen LogP contribution is 2.13. The molecule has 0 bridgehead atoms. The van der Waals surface area contributed by atoms with Gasteiger partial charge in [0.15, 0.2) is 5.96 Å². The second kappa shape index (κ2) is 17.7. The van der Waals surface area contributed by atoms with Crippen LogP contribution >= 0.6 is 0 Å². The molecule has 2 aromatic rings. The standard InChI is InChI=1S/C30H41N7O7/c1-19(38)34-24(17-21-10-12-22(39)13-11-21)28(43)35-23(9-6-15-33-30(31)32)27(42)36-25(18-20-7-4-3-5-8-20)29(44)37(2)16-14-26(40)41/h3-5,7-8,10-13,23-25,39H,6,9,14-18H2,1-2H3,(H,34,38)(H,35,43)(H,36,42)(H,40,41)(H4,31,32,33)/t23-,24+,25+/m1/s1. The lowest BCUT2D eigenvalue weighted by Gasteiger charge is -2.27. The highest BCUT2D eigenvalue weighted by atomic mass is 16.4. The number of benzene rings is 2. The van der Waals surface area contributed by atoms with Crippen molar-refractivity contribution in [2.45, 2.75) is 57.2 Å². The molecule has 0 radical (unpaired) electrons. The van der Waals surface area contributed by atoms with E-state index in [0.717, 1.165) is 5.56 Å². The Morgan fingerprint density at radius 2 is 1.41 bits per heavy atom. The van der Waals surface area contributed by atoms with Crippen molar-refractivity contribution in [1.82, 2.24) is 20.9 Å². The average Bonchev–Trinajstić information content (AvgIpc) is 2.97. The number of carbonyl (C=O) groups is 5. The van der Waals surface area contributed by atoms with E-state index in [2.05, 4.69) is 20.9 Å². The number of aliphatic carboxylic acids is 1. The number of amides is 4. The summed E-state index contributed by atoms with van der Waals surface area (Å²) in [5.74, 6) is -3.42. The van der Waals surface area contributed by atoms with E-state index >= 15 is 0 Å². The van der Waals surface area contributed by atoms with Crippen LogP contribution in [0.2, 0.25) is 0 Å². The summed E-state index contributed by atoms with van der Waals surface area (Å²) >= 11 is 0. The van der Waals surface area contributed by atoms with E-state index in [1.807, 2.05) is 6.07 Å². The monoisotopic (exact) mass is 611 g/mol. The zero-order chi connectivity index (χ0) is 32.6. The molecule has 0 spiro atoms. The van der Waals surface area contributed by atoms with Crippen LogP contribution in [0.25, 0.3) is 0 Å². The van der Waals surface area contributed by atoms with Crippen LogP contribution in [-0.2, 0) is 36.8 Å². The summed E-state index contributed by atoms with van der Waals surface area (Å²) in [7, 11) is 1.45. The van der Waals surface area contributed by atoms with Crippen molar-refractivity contribution in [3.05, 3.63) is 65.7 Å². The Bertz CT molecular complexity index is 1300. The molecule has 3 atom stereocenters. The SMILES string of the molecule is CC(=O)N[C@@H](Cc1ccc(O)cc1)C(=O)N[C@H](CCCN=C(N)N)C(=O)N[C@@H](Cc1ccccc1)C(=O)N(C)CCC(=O)O. The van der Waals surface area contributed by atoms with Gasteiger partial charge in [0.05, 0.1) is 6.42 Å². The minimum absolute atomic E-state index is 0.0417. The second-order valence-corrected chi connectivity index (χ2v) is 10.3. The van der Waals surface area contributed by atoms with Crippen LogP contribution in [0.4, 0.5) is 0 Å². The fraction of sp³-hybridized carbons (Fsp3) is 0.400. The van der Waals surface area contributed by atoms with Gasteiger partial charge >= 0.3 is 5.97 Å². The number of hydrogen-bond donors (Lipinski definition) is 7. The predicted molar refractivity (Wildman–Crippen MR) is 163 cm³/mol. The highest BCUT2D eigenvalue weighted by molar-refractivity contribution is 5.94. The molecule has 0 aliphatic carbocycles. The molecule has 0 aliphatic heterocycles. The van der Waals surface area contributed by atoms with Gasteiger partial charge in [-0.3, -0.25) is 29.0 Å². The summed E-state index contributed by atoms with van der Waals surface area (Å²) in [6.45, 7) is 1.37. The van der Waals surface area contributed by atoms with E-state index in [4.69, 9.17) is 16.6 Å². The molecule has 0 aliphatic rings. The van der Waals surface area contributed by atoms with Crippen molar-refractivity contribution in [2.24, 2.45) is 16.5 Å². The number of likely N-dealkylation sites (N-methyl/N-ethyl adjacent to an activating group) is 1. The summed E-state index contributed by atoms with van der Waals surface area (Å²) in [6, 6.07) is 11.8. The molecule has 14 nitrogen and oxygen atoms in total. The van der Waals surface area contributed by atoms with Crippen LogP contribution in [0, 0.1) is 0 Å². The molecule has 0 unspecified atom stereocenters. The van der Waals surface area contributed by atoms with Gasteiger partial charge in [-0.05, 0) is 36.1 Å². The van der Waals surface area contributed by atoms with Crippen molar-refractivity contribution >= 4 is 35.6 Å². The van der Waals surface area contributed by atoms with Crippen molar-refractivity contribution in [3.63, 3.8) is 0 Å². The molecule has 0 fully saturated rings. The lowest BCUT2D eigenvalue weighted by Crippen LogP contribution is -2.57. The quantitative estimate of drug-likeness (QED) is 0.0702. The molecule has 2 aromatic carbocycles. The number of carboxylic acids is 1. The molecule has 4 amide bonds. The molecule has 238 valence electrons. The molecule has 44 heavy (non-hydrogen) atoms. The lowest BCUT2D eigenvalue weighted by atomic mass is 10.0. The maximum Gasteiger partial charge on any atom is 0.305 e. The first-order valence-corrected chi connectivity index (χ1v) is 14.1. The van der Waals surface area contributed by atoms with Crippen LogP contribution in [0.15, 0.2) is 59.6 Å². The number of nitrogens with zero attached hydrogens (tertiary/aromatic N) is 2. The number of carbonyl (C=O) groups excluding carboxylic acids is 4. The molecular formula is C30H41N7O7. The van der Waals surface area contributed by atoms with E-state index in [-0.39, 0.29) is 50.5 Å². The number of phenolic OH excluding ortho intramolecular Hbond substituents is 1. The van der Waals surface area contributed by atoms with E-state index < -0.39 is 47.7 Å². The fourth-order valence-corrected chi connectivity index (χ4v) is 4.33. The van der Waals surface area contributed by atoms with Gasteiger partial charge in [0.2, 0.25) is 23.6 Å². The van der Waals surface area contributed by atoms with Crippen LogP contribution in [0.3, 0.4) is 0 Å². The molecule has 14 heteroatoms. The number of hydrogen-bond acceptors (Lipinski definition) is 7. The molecule has 9 N–H and O–H groups in total. The minimum Gasteiger partial charge on any atom is -0.508 e. The highest BCUT2D eigenvalue weighted by Gasteiger charge is 2.30. The van der Waals surface area contributed by atoms with Crippen LogP contribution < -0.4 is 27.4 Å². The predicted octanol–water partition coefficient (Wildman–Crippen LogP) is -0.362. The first kappa shape index (κ1) is 35.1. The van der Waals surface area contributed by atoms with Gasteiger partial charge in [0.1, 0.15) is 23.9 Å². The van der Waals surface area contributed by atoms with E-state index in [0.29, 0.717) is 12.0 Å². The van der Waals surface area contributed by atoms with E-state index in [1.165, 1.54) is 31.0 Å². The largest absolute Gasteiger partial charge is 0.508 e. The Hall–Kier alpha value is -5.14. The smallest absolute Gasteiger partial charge is 0.305 e. The van der Waals surface area contributed by atoms with Crippen molar-refractivity contribution in [2.75, 3.05) is 20.1 Å². The zero-order valence-corrected chi connectivity index (χ0v) is 24.9. The van der Waals surface area contributed by atoms with Gasteiger partial charge in [-0.25, -0.2) is 0 Å². The Labute approximate surface area is 255 Å². The topological polar surface area (TPSA) is 230 Å². The molecule has 2 rings (SSSR count). The maximum atomic E-state index is 13.7. The van der Waals surface area contributed by atoms with Crippen LogP contribution in [0.1, 0.15) is 37.3 Å². The number of phenols is 1. The number of aliphatic imine (C=N–C) groups is 1. The summed E-state index contributed by atoms with van der Waals surface area (Å²) in [6.07, 6.45) is 0.323. The van der Waals surface area contributed by atoms with Gasteiger partial charge < -0.3 is 42.5 Å². The minimum atomic E-state index is -1.14. The number of nitrogens with two attached hydrogens (primary N) is 2. The van der Waals surface area contributed by atoms with Crippen LogP contribution in [-0.4, -0.2) is 88.9 Å². The molecule has 0 saturated carbocycles. The van der Waals surface area contributed by atoms with Gasteiger partial charge in [0, 0.05) is 39.9 Å². The third-order valence-electron chi connectivity index (χ3n) is 6.58. The normalized spacial score (nSPS) is 12.6. The number of nitrogens with one attached hydrogen (secondary N) is 3. The van der Waals surface area contributed by atoms with E-state index in [1.54, 1.807) is 36.4 Å². The first-order chi connectivity index (χ1) is 20.8. The van der Waals surface area contributed by atoms with Crippen LogP contribution in [0.5, 0.6) is 5.75 Å². The van der Waals surface area contributed by atoms with E-state index in [9.17, 15) is 29.1 Å². The summed E-state index contributed by atoms with van der Waals surface area (Å²) in [5, 5.41) is 26.6. The number of guanidine groups is 1. The summed E-state index contributed by atoms with van der Waals surface area (Å²) < 4.78 is 0. The lowest BCUT2D eigenvalue weighted by molar-refractivity contribution is -0.140. The maximum absolute atomic E-state index is 13.7. The molecule has 0 aromatic heterocycles. The molecular weight excluding hydrogens is 570 g/mol. The first-order valence-electron chi connectivity index (χ1n) is 14.1. The van der Waals surface area contributed by atoms with Gasteiger partial charge in [-0.1, -0.05) is 42.5 Å². The third-order valence-corrected chi connectivity index (χ3v) is 6.58. The van der Waals surface area contributed by atoms with Crippen molar-refractivity contribution in [1.29, 1.82) is 0 Å². The second-order valence-electron chi connectivity index (χ2n) is 10.3. The Balaban J connectivity index is 2.30. The third kappa shape index (κ3) is 12.8.